The van der Waals surface area contributed by atoms with Crippen LogP contribution in [0.25, 0.3) is 6.08 Å². The first-order valence-corrected chi connectivity index (χ1v) is 4.55. The fourth-order valence-corrected chi connectivity index (χ4v) is 1.25. The maximum absolute atomic E-state index is 3.61. The molecule has 0 unspecified atom stereocenters. The Hall–Kier alpha value is -1.28. The Bertz CT molecular complexity index is 264. The summed E-state index contributed by atoms with van der Waals surface area (Å²) in [5.74, 6) is 0. The number of aromatic amines is 1. The van der Waals surface area contributed by atoms with Crippen LogP contribution in [0, 0.1) is 0 Å². The topological polar surface area (TPSA) is 15.8 Å². The first-order chi connectivity index (χ1) is 5.93. The van der Waals surface area contributed by atoms with Crippen molar-refractivity contribution in [3.63, 3.8) is 0 Å². The summed E-state index contributed by atoms with van der Waals surface area (Å²) in [6.07, 6.45) is 5.60. The number of H-pyrrole nitrogens is 1. The van der Waals surface area contributed by atoms with Gasteiger partial charge in [-0.3, -0.25) is 0 Å². The largest absolute Gasteiger partial charge is 0.368 e. The maximum atomic E-state index is 3.61. The molecule has 1 N–H and O–H groups in total. The maximum Gasteiger partial charge on any atom is 0.0264 e. The molecule has 62 valence electrons. The molecule has 0 aliphatic heterocycles. The molecular formula is C10H11NS. The van der Waals surface area contributed by atoms with Crippen molar-refractivity contribution in [1.82, 2.24) is 4.98 Å². The van der Waals surface area contributed by atoms with E-state index in [4.69, 9.17) is 0 Å². The minimum atomic E-state index is 1.24. The van der Waals surface area contributed by atoms with E-state index >= 15 is 0 Å². The summed E-state index contributed by atoms with van der Waals surface area (Å²) < 4.78 is 0. The van der Waals surface area contributed by atoms with Crippen LogP contribution >= 0.6 is 11.3 Å². The molecule has 2 aromatic heterocycles. The van der Waals surface area contributed by atoms with E-state index in [2.05, 4.69) is 11.6 Å². The quantitative estimate of drug-likeness (QED) is 0.687. The number of thiophene rings is 1. The molecule has 2 rings (SSSR count). The molecule has 0 spiro atoms. The second kappa shape index (κ2) is 5.38. The highest BCUT2D eigenvalue weighted by Gasteiger charge is 1.78. The van der Waals surface area contributed by atoms with Crippen molar-refractivity contribution in [2.24, 2.45) is 0 Å². The Kier molecular flexibility index (Phi) is 3.95. The summed E-state index contributed by atoms with van der Waals surface area (Å²) in [6, 6.07) is 7.94. The molecule has 0 atom stereocenters. The first-order valence-electron chi connectivity index (χ1n) is 3.67. The van der Waals surface area contributed by atoms with E-state index < -0.39 is 0 Å². The first kappa shape index (κ1) is 8.81. The molecule has 0 aromatic carbocycles. The Balaban J connectivity index is 0.000000127. The van der Waals surface area contributed by atoms with Crippen molar-refractivity contribution in [2.75, 3.05) is 0 Å². The van der Waals surface area contributed by atoms with Gasteiger partial charge in [-0.2, -0.15) is 0 Å². The van der Waals surface area contributed by atoms with E-state index in [1.807, 2.05) is 48.1 Å². The summed E-state index contributed by atoms with van der Waals surface area (Å²) in [5, 5.41) is 2.04. The third kappa shape index (κ3) is 3.21. The van der Waals surface area contributed by atoms with Gasteiger partial charge in [-0.1, -0.05) is 18.7 Å². The summed E-state index contributed by atoms with van der Waals surface area (Å²) in [6.45, 7) is 3.61. The molecule has 0 radical (unpaired) electrons. The second-order valence-corrected chi connectivity index (χ2v) is 3.08. The van der Waals surface area contributed by atoms with Crippen LogP contribution in [0.1, 0.15) is 4.88 Å². The minimum absolute atomic E-state index is 1.24. The molecule has 0 bridgehead atoms. The van der Waals surface area contributed by atoms with E-state index in [9.17, 15) is 0 Å². The lowest BCUT2D eigenvalue weighted by Crippen LogP contribution is -1.45. The molecule has 0 amide bonds. The lowest BCUT2D eigenvalue weighted by molar-refractivity contribution is 1.42. The molecule has 1 nitrogen and oxygen atoms in total. The standard InChI is InChI=1S/C6H6S.C4H5N/c1-2-6-4-3-5-7-6;1-2-4-5-3-1/h2-5H,1H2;1-5H. The van der Waals surface area contributed by atoms with Crippen LogP contribution < -0.4 is 0 Å². The van der Waals surface area contributed by atoms with Crippen molar-refractivity contribution in [1.29, 1.82) is 0 Å². The lowest BCUT2D eigenvalue weighted by atomic mass is 10.5. The van der Waals surface area contributed by atoms with Gasteiger partial charge in [0.05, 0.1) is 0 Å². The van der Waals surface area contributed by atoms with Crippen LogP contribution in [-0.4, -0.2) is 4.98 Å². The van der Waals surface area contributed by atoms with Crippen molar-refractivity contribution in [2.45, 2.75) is 0 Å². The Morgan fingerprint density at radius 1 is 1.25 bits per heavy atom. The molecule has 2 aromatic rings. The van der Waals surface area contributed by atoms with Gasteiger partial charge in [0.15, 0.2) is 0 Å². The normalized spacial score (nSPS) is 8.33. The van der Waals surface area contributed by atoms with Crippen molar-refractivity contribution >= 4 is 17.4 Å². The van der Waals surface area contributed by atoms with Gasteiger partial charge in [-0.15, -0.1) is 11.3 Å². The molecular weight excluding hydrogens is 166 g/mol. The van der Waals surface area contributed by atoms with Crippen molar-refractivity contribution < 1.29 is 0 Å². The number of nitrogens with one attached hydrogen (secondary N) is 1. The van der Waals surface area contributed by atoms with Gasteiger partial charge in [0.2, 0.25) is 0 Å². The van der Waals surface area contributed by atoms with Gasteiger partial charge in [-0.05, 0) is 23.6 Å². The zero-order valence-electron chi connectivity index (χ0n) is 6.73. The SMILES string of the molecule is C=Cc1cccs1.c1cc[nH]c1. The third-order valence-electron chi connectivity index (χ3n) is 1.24. The fourth-order valence-electron chi connectivity index (χ4n) is 0.685. The minimum Gasteiger partial charge on any atom is -0.368 e. The van der Waals surface area contributed by atoms with E-state index in [0.717, 1.165) is 0 Å². The average Bonchev–Trinajstić information content (AvgIpc) is 2.81. The summed E-state index contributed by atoms with van der Waals surface area (Å²) in [4.78, 5) is 4.10. The van der Waals surface area contributed by atoms with Crippen LogP contribution in [0.15, 0.2) is 48.6 Å². The summed E-state index contributed by atoms with van der Waals surface area (Å²) in [5.41, 5.74) is 0. The number of aromatic nitrogens is 1. The Morgan fingerprint density at radius 2 is 2.00 bits per heavy atom. The smallest absolute Gasteiger partial charge is 0.0264 e. The second-order valence-electron chi connectivity index (χ2n) is 2.10. The molecule has 0 saturated carbocycles. The van der Waals surface area contributed by atoms with Crippen molar-refractivity contribution in [3.8, 4) is 0 Å². The van der Waals surface area contributed by atoms with Crippen LogP contribution in [0.2, 0.25) is 0 Å². The van der Waals surface area contributed by atoms with Gasteiger partial charge < -0.3 is 4.98 Å². The molecule has 2 heteroatoms. The number of hydrogen-bond acceptors (Lipinski definition) is 1. The highest BCUT2D eigenvalue weighted by Crippen LogP contribution is 2.07. The van der Waals surface area contributed by atoms with Crippen LogP contribution in [-0.2, 0) is 0 Å². The highest BCUT2D eigenvalue weighted by atomic mass is 32.1. The van der Waals surface area contributed by atoms with Crippen LogP contribution in [0.3, 0.4) is 0 Å². The van der Waals surface area contributed by atoms with E-state index in [-0.39, 0.29) is 0 Å². The molecule has 2 heterocycles. The molecule has 12 heavy (non-hydrogen) atoms. The predicted octanol–water partition coefficient (Wildman–Crippen LogP) is 3.41. The molecule has 0 aliphatic carbocycles. The van der Waals surface area contributed by atoms with Gasteiger partial charge in [-0.25, -0.2) is 0 Å². The Labute approximate surface area is 76.4 Å². The van der Waals surface area contributed by atoms with Gasteiger partial charge in [0.1, 0.15) is 0 Å². The molecule has 0 aliphatic rings. The van der Waals surface area contributed by atoms with Crippen LogP contribution in [0.4, 0.5) is 0 Å². The van der Waals surface area contributed by atoms with Gasteiger partial charge in [0, 0.05) is 17.3 Å². The van der Waals surface area contributed by atoms with E-state index in [0.29, 0.717) is 0 Å². The fraction of sp³-hybridized carbons (Fsp3) is 0. The van der Waals surface area contributed by atoms with E-state index in [1.165, 1.54) is 4.88 Å². The monoisotopic (exact) mass is 177 g/mol. The van der Waals surface area contributed by atoms with Crippen LogP contribution in [0.5, 0.6) is 0 Å². The van der Waals surface area contributed by atoms with Crippen molar-refractivity contribution in [3.05, 3.63) is 53.5 Å². The number of rotatable bonds is 1. The molecule has 0 saturated heterocycles. The predicted molar refractivity (Wildman–Crippen MR) is 55.2 cm³/mol. The zero-order valence-corrected chi connectivity index (χ0v) is 7.55. The zero-order chi connectivity index (χ0) is 8.65. The number of hydrogen-bond donors (Lipinski definition) is 1. The molecule has 0 fully saturated rings. The van der Waals surface area contributed by atoms with Gasteiger partial charge >= 0.3 is 0 Å². The average molecular weight is 177 g/mol. The summed E-state index contributed by atoms with van der Waals surface area (Å²) >= 11 is 1.70. The Morgan fingerprint density at radius 3 is 2.25 bits per heavy atom. The van der Waals surface area contributed by atoms with E-state index in [1.54, 1.807) is 11.3 Å². The highest BCUT2D eigenvalue weighted by molar-refractivity contribution is 7.10. The van der Waals surface area contributed by atoms with Gasteiger partial charge in [0.25, 0.3) is 0 Å². The summed E-state index contributed by atoms with van der Waals surface area (Å²) in [7, 11) is 0. The third-order valence-corrected chi connectivity index (χ3v) is 2.11. The lowest BCUT2D eigenvalue weighted by Gasteiger charge is -1.71.